The van der Waals surface area contributed by atoms with Gasteiger partial charge in [0.25, 0.3) is 5.69 Å². The predicted molar refractivity (Wildman–Crippen MR) is 71.5 cm³/mol. The molecule has 7 nitrogen and oxygen atoms in total. The Morgan fingerprint density at radius 1 is 1.55 bits per heavy atom. The van der Waals surface area contributed by atoms with E-state index in [1.807, 2.05) is 0 Å². The smallest absolute Gasteiger partial charge is 0.331 e. The third-order valence-electron chi connectivity index (χ3n) is 3.28. The Balaban J connectivity index is 2.36. The first-order chi connectivity index (χ1) is 9.56. The minimum atomic E-state index is -0.893. The zero-order valence-electron chi connectivity index (χ0n) is 11.1. The van der Waals surface area contributed by atoms with Gasteiger partial charge in [0, 0.05) is 12.6 Å². The van der Waals surface area contributed by atoms with E-state index in [1.54, 1.807) is 30.0 Å². The van der Waals surface area contributed by atoms with Crippen LogP contribution in [0.1, 0.15) is 13.3 Å². The average molecular weight is 280 g/mol. The highest BCUT2D eigenvalue weighted by Crippen LogP contribution is 2.33. The van der Waals surface area contributed by atoms with Crippen molar-refractivity contribution < 1.29 is 19.6 Å². The zero-order chi connectivity index (χ0) is 14.7. The number of aliphatic hydroxyl groups is 1. The van der Waals surface area contributed by atoms with Gasteiger partial charge in [0.2, 0.25) is 0 Å². The van der Waals surface area contributed by atoms with Gasteiger partial charge >= 0.3 is 5.97 Å². The minimum Gasteiger partial charge on any atom is -0.464 e. The van der Waals surface area contributed by atoms with Crippen molar-refractivity contribution in [1.29, 1.82) is 0 Å². The second-order valence-corrected chi connectivity index (χ2v) is 4.49. The van der Waals surface area contributed by atoms with Gasteiger partial charge in [-0.05, 0) is 19.4 Å². The van der Waals surface area contributed by atoms with Crippen LogP contribution in [0.4, 0.5) is 11.4 Å². The lowest BCUT2D eigenvalue weighted by Crippen LogP contribution is -2.43. The molecule has 2 atom stereocenters. The Labute approximate surface area is 115 Å². The third kappa shape index (κ3) is 2.57. The lowest BCUT2D eigenvalue weighted by atomic mass is 10.1. The van der Waals surface area contributed by atoms with Gasteiger partial charge in [-0.3, -0.25) is 10.1 Å². The molecule has 1 N–H and O–H groups in total. The zero-order valence-corrected chi connectivity index (χ0v) is 11.1. The van der Waals surface area contributed by atoms with Crippen LogP contribution in [0.15, 0.2) is 24.3 Å². The summed E-state index contributed by atoms with van der Waals surface area (Å²) in [7, 11) is 0. The van der Waals surface area contributed by atoms with Crippen molar-refractivity contribution in [1.82, 2.24) is 0 Å². The highest BCUT2D eigenvalue weighted by molar-refractivity contribution is 5.83. The fourth-order valence-electron chi connectivity index (χ4n) is 2.42. The molecule has 108 valence electrons. The molecule has 0 amide bonds. The Morgan fingerprint density at radius 2 is 2.25 bits per heavy atom. The molecule has 1 unspecified atom stereocenters. The van der Waals surface area contributed by atoms with Gasteiger partial charge in [0.15, 0.2) is 6.04 Å². The molecule has 1 aromatic carbocycles. The van der Waals surface area contributed by atoms with Crippen LogP contribution in [0.5, 0.6) is 0 Å². The maximum atomic E-state index is 11.9. The summed E-state index contributed by atoms with van der Waals surface area (Å²) in [6, 6.07) is 5.28. The number of aliphatic hydroxyl groups excluding tert-OH is 1. The Kier molecular flexibility index (Phi) is 4.19. The van der Waals surface area contributed by atoms with Gasteiger partial charge in [0.05, 0.1) is 17.6 Å². The molecule has 1 saturated heterocycles. The maximum absolute atomic E-state index is 11.9. The quantitative estimate of drug-likeness (QED) is 0.504. The number of nitro groups is 1. The van der Waals surface area contributed by atoms with E-state index in [4.69, 9.17) is 4.74 Å². The number of benzene rings is 1. The van der Waals surface area contributed by atoms with E-state index in [9.17, 15) is 20.0 Å². The van der Waals surface area contributed by atoms with Crippen LogP contribution in [0.25, 0.3) is 0 Å². The van der Waals surface area contributed by atoms with E-state index >= 15 is 0 Å². The first-order valence-corrected chi connectivity index (χ1v) is 6.41. The number of para-hydroxylation sites is 2. The van der Waals surface area contributed by atoms with Crippen molar-refractivity contribution >= 4 is 17.3 Å². The molecule has 20 heavy (non-hydrogen) atoms. The molecule has 1 aromatic rings. The van der Waals surface area contributed by atoms with Crippen molar-refractivity contribution in [3.63, 3.8) is 0 Å². The summed E-state index contributed by atoms with van der Waals surface area (Å²) >= 11 is 0. The molecule has 1 fully saturated rings. The largest absolute Gasteiger partial charge is 0.464 e. The van der Waals surface area contributed by atoms with Crippen LogP contribution in [-0.2, 0) is 9.53 Å². The van der Waals surface area contributed by atoms with Crippen LogP contribution in [0.2, 0.25) is 0 Å². The standard InChI is InChI=1S/C13H16N2O5/c1-2-20-13(17)12-11(16)7-8-14(12)9-5-3-4-6-10(9)15(18)19/h3-6,11-12,16H,2,7-8H2,1H3/t11?,12-/m0/s1. The minimum absolute atomic E-state index is 0.0871. The number of ether oxygens (including phenoxy) is 1. The maximum Gasteiger partial charge on any atom is 0.331 e. The van der Waals surface area contributed by atoms with Crippen molar-refractivity contribution in [3.05, 3.63) is 34.4 Å². The Morgan fingerprint density at radius 3 is 2.90 bits per heavy atom. The van der Waals surface area contributed by atoms with Gasteiger partial charge in [-0.25, -0.2) is 4.79 Å². The number of rotatable bonds is 4. The molecule has 0 bridgehead atoms. The number of esters is 1. The summed E-state index contributed by atoms with van der Waals surface area (Å²) in [4.78, 5) is 24.0. The molecular formula is C13H16N2O5. The van der Waals surface area contributed by atoms with Gasteiger partial charge in [-0.1, -0.05) is 12.1 Å². The van der Waals surface area contributed by atoms with Gasteiger partial charge in [-0.2, -0.15) is 0 Å². The second kappa shape index (κ2) is 5.87. The number of carbonyl (C=O) groups is 1. The van der Waals surface area contributed by atoms with Crippen molar-refractivity contribution in [2.24, 2.45) is 0 Å². The van der Waals surface area contributed by atoms with E-state index in [0.29, 0.717) is 18.7 Å². The predicted octanol–water partition coefficient (Wildman–Crippen LogP) is 1.10. The van der Waals surface area contributed by atoms with Crippen LogP contribution >= 0.6 is 0 Å². The number of nitrogens with zero attached hydrogens (tertiary/aromatic N) is 2. The summed E-state index contributed by atoms with van der Waals surface area (Å²) in [6.45, 7) is 2.25. The topological polar surface area (TPSA) is 92.9 Å². The number of nitro benzene ring substituents is 1. The highest BCUT2D eigenvalue weighted by Gasteiger charge is 2.41. The van der Waals surface area contributed by atoms with E-state index in [1.165, 1.54) is 6.07 Å². The van der Waals surface area contributed by atoms with Gasteiger partial charge in [0.1, 0.15) is 5.69 Å². The lowest BCUT2D eigenvalue weighted by Gasteiger charge is -2.25. The second-order valence-electron chi connectivity index (χ2n) is 4.49. The first-order valence-electron chi connectivity index (χ1n) is 6.41. The molecule has 1 aliphatic heterocycles. The molecule has 0 aliphatic carbocycles. The lowest BCUT2D eigenvalue weighted by molar-refractivity contribution is -0.384. The van der Waals surface area contributed by atoms with Crippen LogP contribution in [0, 0.1) is 10.1 Å². The first kappa shape index (κ1) is 14.3. The molecule has 0 spiro atoms. The summed E-state index contributed by atoms with van der Waals surface area (Å²) in [6.07, 6.45) is -0.510. The van der Waals surface area contributed by atoms with Crippen molar-refractivity contribution in [2.75, 3.05) is 18.1 Å². The summed E-state index contributed by atoms with van der Waals surface area (Å²) in [5.41, 5.74) is 0.239. The SMILES string of the molecule is CCOC(=O)[C@@H]1C(O)CCN1c1ccccc1[N+](=O)[O-]. The normalized spacial score (nSPS) is 21.8. The van der Waals surface area contributed by atoms with Gasteiger partial charge < -0.3 is 14.7 Å². The molecule has 1 aliphatic rings. The Bertz CT molecular complexity index is 519. The van der Waals surface area contributed by atoms with Gasteiger partial charge in [-0.15, -0.1) is 0 Å². The van der Waals surface area contributed by atoms with Crippen molar-refractivity contribution in [3.8, 4) is 0 Å². The fraction of sp³-hybridized carbons (Fsp3) is 0.462. The van der Waals surface area contributed by atoms with E-state index in [2.05, 4.69) is 0 Å². The molecule has 7 heteroatoms. The molecule has 0 aromatic heterocycles. The fourth-order valence-corrected chi connectivity index (χ4v) is 2.42. The molecule has 2 rings (SSSR count). The highest BCUT2D eigenvalue weighted by atomic mass is 16.6. The van der Waals surface area contributed by atoms with E-state index in [-0.39, 0.29) is 12.3 Å². The molecule has 1 heterocycles. The number of hydrogen-bond acceptors (Lipinski definition) is 6. The van der Waals surface area contributed by atoms with Crippen molar-refractivity contribution in [2.45, 2.75) is 25.5 Å². The number of hydrogen-bond donors (Lipinski definition) is 1. The molecular weight excluding hydrogens is 264 g/mol. The van der Waals surface area contributed by atoms with Crippen LogP contribution in [-0.4, -0.2) is 41.3 Å². The summed E-state index contributed by atoms with van der Waals surface area (Å²) in [5.74, 6) is -0.560. The summed E-state index contributed by atoms with van der Waals surface area (Å²) in [5, 5.41) is 21.0. The number of anilines is 1. The van der Waals surface area contributed by atoms with Crippen LogP contribution in [0.3, 0.4) is 0 Å². The average Bonchev–Trinajstić information content (AvgIpc) is 2.80. The van der Waals surface area contributed by atoms with E-state index < -0.39 is 23.0 Å². The third-order valence-corrected chi connectivity index (χ3v) is 3.28. The van der Waals surface area contributed by atoms with Crippen LogP contribution < -0.4 is 4.90 Å². The van der Waals surface area contributed by atoms with E-state index in [0.717, 1.165) is 0 Å². The monoisotopic (exact) mass is 280 g/mol. The number of carbonyl (C=O) groups excluding carboxylic acids is 1. The molecule has 0 radical (unpaired) electrons. The summed E-state index contributed by atoms with van der Waals surface area (Å²) < 4.78 is 4.94. The molecule has 0 saturated carbocycles. The Hall–Kier alpha value is -2.15.